The molecule has 0 aliphatic carbocycles. The quantitative estimate of drug-likeness (QED) is 0.471. The number of rotatable bonds is 6. The van der Waals surface area contributed by atoms with Crippen LogP contribution in [-0.2, 0) is 6.54 Å². The van der Waals surface area contributed by atoms with Crippen molar-refractivity contribution in [2.24, 2.45) is 0 Å². The maximum Gasteiger partial charge on any atom is 0.256 e. The van der Waals surface area contributed by atoms with Crippen LogP contribution < -0.4 is 10.1 Å². The molecule has 0 aliphatic rings. The highest BCUT2D eigenvalue weighted by Crippen LogP contribution is 2.28. The summed E-state index contributed by atoms with van der Waals surface area (Å²) in [4.78, 5) is 17.3. The number of nitrogens with zero attached hydrogens (tertiary/aromatic N) is 2. The molecule has 0 fully saturated rings. The molecule has 0 bridgehead atoms. The Morgan fingerprint density at radius 3 is 2.45 bits per heavy atom. The van der Waals surface area contributed by atoms with Crippen molar-refractivity contribution in [1.29, 1.82) is 0 Å². The molecule has 1 heterocycles. The molecule has 0 radical (unpaired) electrons. The summed E-state index contributed by atoms with van der Waals surface area (Å²) >= 11 is 0. The lowest BCUT2D eigenvalue weighted by atomic mass is 10.1. The number of nitrogens with one attached hydrogen (secondary N) is 1. The van der Waals surface area contributed by atoms with Crippen LogP contribution in [0, 0.1) is 11.6 Å². The Kier molecular flexibility index (Phi) is 5.75. The molecule has 0 saturated heterocycles. The first kappa shape index (κ1) is 20.3. The number of carbonyl (C=O) groups excluding carboxylic acids is 1. The topological polar surface area (TPSA) is 56.1 Å². The van der Waals surface area contributed by atoms with Gasteiger partial charge in [-0.1, -0.05) is 30.3 Å². The van der Waals surface area contributed by atoms with E-state index in [2.05, 4.69) is 10.3 Å². The van der Waals surface area contributed by atoms with Gasteiger partial charge in [0.15, 0.2) is 11.6 Å². The van der Waals surface area contributed by atoms with Gasteiger partial charge >= 0.3 is 0 Å². The largest absolute Gasteiger partial charge is 0.494 e. The molecule has 0 aliphatic heterocycles. The zero-order chi connectivity index (χ0) is 21.8. The normalized spacial score (nSPS) is 10.7. The van der Waals surface area contributed by atoms with Crippen molar-refractivity contribution in [3.05, 3.63) is 102 Å². The molecule has 156 valence electrons. The van der Waals surface area contributed by atoms with Crippen LogP contribution in [0.2, 0.25) is 0 Å². The number of halogens is 2. The second-order valence-electron chi connectivity index (χ2n) is 6.87. The van der Waals surface area contributed by atoms with Gasteiger partial charge in [-0.15, -0.1) is 0 Å². The van der Waals surface area contributed by atoms with Gasteiger partial charge in [0.25, 0.3) is 5.91 Å². The van der Waals surface area contributed by atoms with E-state index in [9.17, 15) is 13.6 Å². The summed E-state index contributed by atoms with van der Waals surface area (Å²) in [5, 5.41) is 2.83. The lowest BCUT2D eigenvalue weighted by Crippen LogP contribution is -2.16. The molecule has 0 spiro atoms. The van der Waals surface area contributed by atoms with Crippen molar-refractivity contribution >= 4 is 11.7 Å². The standard InChI is InChI=1S/C24H19F2N3O2/c1-31-21-12-9-18(13-20(21)26)24(30)28-23-22(17-7-10-19(25)11-8-17)27-15-29(23)14-16-5-3-2-4-6-16/h2-13,15H,14H2,1H3,(H,28,30). The van der Waals surface area contributed by atoms with Crippen LogP contribution >= 0.6 is 0 Å². The minimum atomic E-state index is -0.633. The van der Waals surface area contributed by atoms with Crippen LogP contribution in [0.1, 0.15) is 15.9 Å². The summed E-state index contributed by atoms with van der Waals surface area (Å²) in [7, 11) is 1.36. The lowest BCUT2D eigenvalue weighted by Gasteiger charge is -2.13. The van der Waals surface area contributed by atoms with E-state index in [4.69, 9.17) is 4.74 Å². The third-order valence-electron chi connectivity index (χ3n) is 4.80. The zero-order valence-electron chi connectivity index (χ0n) is 16.7. The van der Waals surface area contributed by atoms with Crippen LogP contribution in [0.3, 0.4) is 0 Å². The highest BCUT2D eigenvalue weighted by Gasteiger charge is 2.18. The minimum Gasteiger partial charge on any atom is -0.494 e. The van der Waals surface area contributed by atoms with E-state index in [1.54, 1.807) is 23.0 Å². The Hall–Kier alpha value is -4.00. The Labute approximate surface area is 177 Å². The molecular formula is C24H19F2N3O2. The summed E-state index contributed by atoms with van der Waals surface area (Å²) in [6.45, 7) is 0.460. The maximum atomic E-state index is 14.1. The molecule has 4 aromatic rings. The predicted octanol–water partition coefficient (Wildman–Crippen LogP) is 5.14. The average Bonchev–Trinajstić information content (AvgIpc) is 3.17. The van der Waals surface area contributed by atoms with Gasteiger partial charge in [-0.05, 0) is 48.0 Å². The summed E-state index contributed by atoms with van der Waals surface area (Å²) in [5.74, 6) is -1.02. The fourth-order valence-corrected chi connectivity index (χ4v) is 3.22. The molecule has 1 amide bonds. The van der Waals surface area contributed by atoms with Crippen molar-refractivity contribution in [3.8, 4) is 17.0 Å². The van der Waals surface area contributed by atoms with E-state index in [-0.39, 0.29) is 17.1 Å². The lowest BCUT2D eigenvalue weighted by molar-refractivity contribution is 0.102. The number of amides is 1. The van der Waals surface area contributed by atoms with Crippen molar-refractivity contribution in [2.75, 3.05) is 12.4 Å². The van der Waals surface area contributed by atoms with Gasteiger partial charge in [-0.3, -0.25) is 4.79 Å². The smallest absolute Gasteiger partial charge is 0.256 e. The third kappa shape index (κ3) is 4.45. The molecule has 1 N–H and O–H groups in total. The highest BCUT2D eigenvalue weighted by atomic mass is 19.1. The summed E-state index contributed by atoms with van der Waals surface area (Å²) in [6, 6.07) is 19.5. The Morgan fingerprint density at radius 2 is 1.77 bits per heavy atom. The van der Waals surface area contributed by atoms with Gasteiger partial charge in [0.1, 0.15) is 17.3 Å². The minimum absolute atomic E-state index is 0.0534. The van der Waals surface area contributed by atoms with E-state index in [0.717, 1.165) is 11.6 Å². The molecular weight excluding hydrogens is 400 g/mol. The van der Waals surface area contributed by atoms with Crippen LogP contribution in [0.25, 0.3) is 11.3 Å². The zero-order valence-corrected chi connectivity index (χ0v) is 16.7. The van der Waals surface area contributed by atoms with E-state index in [1.165, 1.54) is 31.4 Å². The van der Waals surface area contributed by atoms with E-state index in [0.29, 0.717) is 23.6 Å². The predicted molar refractivity (Wildman–Crippen MR) is 114 cm³/mol. The first-order valence-corrected chi connectivity index (χ1v) is 9.55. The number of imidazole rings is 1. The number of ether oxygens (including phenoxy) is 1. The average molecular weight is 419 g/mol. The molecule has 0 unspecified atom stereocenters. The Bertz CT molecular complexity index is 1210. The SMILES string of the molecule is COc1ccc(C(=O)Nc2c(-c3ccc(F)cc3)ncn2Cc2ccccc2)cc1F. The molecule has 31 heavy (non-hydrogen) atoms. The molecule has 7 heteroatoms. The third-order valence-corrected chi connectivity index (χ3v) is 4.80. The van der Waals surface area contributed by atoms with Crippen molar-refractivity contribution in [1.82, 2.24) is 9.55 Å². The monoisotopic (exact) mass is 419 g/mol. The number of hydrogen-bond acceptors (Lipinski definition) is 3. The highest BCUT2D eigenvalue weighted by molar-refractivity contribution is 6.05. The number of hydrogen-bond donors (Lipinski definition) is 1. The molecule has 1 aromatic heterocycles. The van der Waals surface area contributed by atoms with Gasteiger partial charge in [-0.25, -0.2) is 13.8 Å². The maximum absolute atomic E-state index is 14.1. The van der Waals surface area contributed by atoms with Gasteiger partial charge in [0, 0.05) is 11.1 Å². The van der Waals surface area contributed by atoms with E-state index in [1.807, 2.05) is 30.3 Å². The van der Waals surface area contributed by atoms with Crippen LogP contribution in [0.5, 0.6) is 5.75 Å². The fourth-order valence-electron chi connectivity index (χ4n) is 3.22. The number of aromatic nitrogens is 2. The molecule has 3 aromatic carbocycles. The van der Waals surface area contributed by atoms with Gasteiger partial charge in [0.05, 0.1) is 20.0 Å². The number of methoxy groups -OCH3 is 1. The second kappa shape index (κ2) is 8.79. The van der Waals surface area contributed by atoms with Crippen molar-refractivity contribution < 1.29 is 18.3 Å². The van der Waals surface area contributed by atoms with Gasteiger partial charge < -0.3 is 14.6 Å². The molecule has 0 saturated carbocycles. The van der Waals surface area contributed by atoms with E-state index >= 15 is 0 Å². The van der Waals surface area contributed by atoms with Gasteiger partial charge in [-0.2, -0.15) is 0 Å². The Morgan fingerprint density at radius 1 is 1.03 bits per heavy atom. The van der Waals surface area contributed by atoms with E-state index < -0.39 is 11.7 Å². The second-order valence-corrected chi connectivity index (χ2v) is 6.87. The molecule has 0 atom stereocenters. The number of anilines is 1. The number of carbonyl (C=O) groups is 1. The van der Waals surface area contributed by atoms with Crippen molar-refractivity contribution in [2.45, 2.75) is 6.54 Å². The van der Waals surface area contributed by atoms with Crippen LogP contribution in [0.4, 0.5) is 14.6 Å². The van der Waals surface area contributed by atoms with Crippen molar-refractivity contribution in [3.63, 3.8) is 0 Å². The molecule has 5 nitrogen and oxygen atoms in total. The Balaban J connectivity index is 1.71. The summed E-state index contributed by atoms with van der Waals surface area (Å²) in [6.07, 6.45) is 1.61. The fraction of sp³-hybridized carbons (Fsp3) is 0.0833. The van der Waals surface area contributed by atoms with Crippen LogP contribution in [0.15, 0.2) is 79.1 Å². The van der Waals surface area contributed by atoms with Gasteiger partial charge in [0.2, 0.25) is 0 Å². The number of benzene rings is 3. The van der Waals surface area contributed by atoms with Crippen LogP contribution in [-0.4, -0.2) is 22.6 Å². The summed E-state index contributed by atoms with van der Waals surface area (Å²) in [5.41, 5.74) is 2.27. The first-order chi connectivity index (χ1) is 15.0. The summed E-state index contributed by atoms with van der Waals surface area (Å²) < 4.78 is 34.2. The first-order valence-electron chi connectivity index (χ1n) is 9.55. The molecule has 4 rings (SSSR count).